The number of benzene rings is 2. The maximum Gasteiger partial charge on any atom is 0.251 e. The zero-order valence-corrected chi connectivity index (χ0v) is 17.4. The molecule has 6 heteroatoms. The van der Waals surface area contributed by atoms with Crippen LogP contribution < -0.4 is 14.8 Å². The molecular formula is C23H29N3O3. The lowest BCUT2D eigenvalue weighted by molar-refractivity contribution is 0.0949. The van der Waals surface area contributed by atoms with Crippen molar-refractivity contribution in [2.75, 3.05) is 14.2 Å². The number of hydrogen-bond donors (Lipinski definition) is 1. The van der Waals surface area contributed by atoms with Crippen LogP contribution in [0.2, 0.25) is 0 Å². The third-order valence-corrected chi connectivity index (χ3v) is 5.02. The summed E-state index contributed by atoms with van der Waals surface area (Å²) in [6, 6.07) is 13.3. The van der Waals surface area contributed by atoms with E-state index in [0.717, 1.165) is 29.8 Å². The van der Waals surface area contributed by atoms with Crippen molar-refractivity contribution in [1.29, 1.82) is 0 Å². The van der Waals surface area contributed by atoms with Crippen molar-refractivity contribution < 1.29 is 14.3 Å². The summed E-state index contributed by atoms with van der Waals surface area (Å²) in [7, 11) is 3.13. The molecule has 0 atom stereocenters. The fourth-order valence-corrected chi connectivity index (χ4v) is 3.45. The van der Waals surface area contributed by atoms with E-state index in [1.807, 2.05) is 18.2 Å². The maximum absolute atomic E-state index is 12.7. The lowest BCUT2D eigenvalue weighted by atomic mass is 10.2. The number of hydrogen-bond acceptors (Lipinski definition) is 4. The SMILES string of the molecule is CCCCCCn1c(CNC(=O)c2ccc(OC)c(OC)c2)nc2ccccc21. The fraction of sp³-hybridized carbons (Fsp3) is 0.391. The Balaban J connectivity index is 1.75. The summed E-state index contributed by atoms with van der Waals surface area (Å²) in [6.07, 6.45) is 4.74. The van der Waals surface area contributed by atoms with Crippen LogP contribution in [0.5, 0.6) is 11.5 Å². The van der Waals surface area contributed by atoms with E-state index in [9.17, 15) is 4.79 Å². The van der Waals surface area contributed by atoms with Crippen molar-refractivity contribution >= 4 is 16.9 Å². The quantitative estimate of drug-likeness (QED) is 0.511. The number of unbranched alkanes of at least 4 members (excludes halogenated alkanes) is 3. The molecule has 0 spiro atoms. The molecule has 1 N–H and O–H groups in total. The highest BCUT2D eigenvalue weighted by Crippen LogP contribution is 2.27. The molecule has 1 amide bonds. The van der Waals surface area contributed by atoms with E-state index in [1.165, 1.54) is 19.3 Å². The van der Waals surface area contributed by atoms with E-state index < -0.39 is 0 Å². The van der Waals surface area contributed by atoms with Gasteiger partial charge in [-0.3, -0.25) is 4.79 Å². The number of carbonyl (C=O) groups is 1. The van der Waals surface area contributed by atoms with E-state index >= 15 is 0 Å². The Labute approximate surface area is 171 Å². The number of nitrogens with zero attached hydrogens (tertiary/aromatic N) is 2. The fourth-order valence-electron chi connectivity index (χ4n) is 3.45. The van der Waals surface area contributed by atoms with Crippen molar-refractivity contribution in [2.45, 2.75) is 45.7 Å². The van der Waals surface area contributed by atoms with Gasteiger partial charge in [-0.05, 0) is 36.8 Å². The van der Waals surface area contributed by atoms with Crippen molar-refractivity contribution in [1.82, 2.24) is 14.9 Å². The van der Waals surface area contributed by atoms with E-state index in [1.54, 1.807) is 32.4 Å². The first-order chi connectivity index (χ1) is 14.2. The monoisotopic (exact) mass is 395 g/mol. The summed E-state index contributed by atoms with van der Waals surface area (Å²) in [5, 5.41) is 2.99. The molecule has 0 fully saturated rings. The molecule has 3 aromatic rings. The number of para-hydroxylation sites is 2. The molecule has 0 saturated carbocycles. The van der Waals surface area contributed by atoms with Crippen molar-refractivity contribution in [3.63, 3.8) is 0 Å². The Bertz CT molecular complexity index is 965. The van der Waals surface area contributed by atoms with Crippen LogP contribution in [-0.2, 0) is 13.1 Å². The highest BCUT2D eigenvalue weighted by molar-refractivity contribution is 5.94. The molecule has 2 aromatic carbocycles. The number of methoxy groups -OCH3 is 2. The van der Waals surface area contributed by atoms with Crippen LogP contribution in [-0.4, -0.2) is 29.7 Å². The lowest BCUT2D eigenvalue weighted by Crippen LogP contribution is -2.25. The number of imidazole rings is 1. The van der Waals surface area contributed by atoms with Gasteiger partial charge in [0.25, 0.3) is 5.91 Å². The minimum Gasteiger partial charge on any atom is -0.493 e. The van der Waals surface area contributed by atoms with Crippen molar-refractivity contribution in [3.05, 3.63) is 53.9 Å². The smallest absolute Gasteiger partial charge is 0.251 e. The molecule has 29 heavy (non-hydrogen) atoms. The van der Waals surface area contributed by atoms with Gasteiger partial charge in [0, 0.05) is 12.1 Å². The van der Waals surface area contributed by atoms with E-state index in [-0.39, 0.29) is 5.91 Å². The number of aryl methyl sites for hydroxylation is 1. The first-order valence-corrected chi connectivity index (χ1v) is 10.1. The Morgan fingerprint density at radius 1 is 1.03 bits per heavy atom. The van der Waals surface area contributed by atoms with Crippen LogP contribution in [0.3, 0.4) is 0 Å². The number of carbonyl (C=O) groups excluding carboxylic acids is 1. The van der Waals surface area contributed by atoms with Gasteiger partial charge in [0.15, 0.2) is 11.5 Å². The van der Waals surface area contributed by atoms with Crippen LogP contribution in [0.4, 0.5) is 0 Å². The van der Waals surface area contributed by atoms with Crippen LogP contribution in [0.25, 0.3) is 11.0 Å². The number of ether oxygens (including phenoxy) is 2. The second kappa shape index (κ2) is 9.96. The lowest BCUT2D eigenvalue weighted by Gasteiger charge is -2.12. The summed E-state index contributed by atoms with van der Waals surface area (Å²) in [5.74, 6) is 1.83. The summed E-state index contributed by atoms with van der Waals surface area (Å²) < 4.78 is 12.7. The minimum absolute atomic E-state index is 0.171. The molecular weight excluding hydrogens is 366 g/mol. The van der Waals surface area contributed by atoms with Gasteiger partial charge in [0.1, 0.15) is 5.82 Å². The van der Waals surface area contributed by atoms with Crippen LogP contribution in [0, 0.1) is 0 Å². The van der Waals surface area contributed by atoms with Gasteiger partial charge in [-0.25, -0.2) is 4.98 Å². The summed E-state index contributed by atoms with van der Waals surface area (Å²) >= 11 is 0. The van der Waals surface area contributed by atoms with Crippen molar-refractivity contribution in [3.8, 4) is 11.5 Å². The molecule has 0 saturated heterocycles. The molecule has 6 nitrogen and oxygen atoms in total. The van der Waals surface area contributed by atoms with Gasteiger partial charge in [0.2, 0.25) is 0 Å². The van der Waals surface area contributed by atoms with Gasteiger partial charge < -0.3 is 19.4 Å². The predicted molar refractivity (Wildman–Crippen MR) is 115 cm³/mol. The molecule has 0 aliphatic heterocycles. The van der Waals surface area contributed by atoms with Crippen molar-refractivity contribution in [2.24, 2.45) is 0 Å². The number of nitrogens with one attached hydrogen (secondary N) is 1. The normalized spacial score (nSPS) is 10.9. The van der Waals surface area contributed by atoms with Gasteiger partial charge in [-0.1, -0.05) is 38.3 Å². The average Bonchev–Trinajstić information content (AvgIpc) is 3.12. The molecule has 0 radical (unpaired) electrons. The summed E-state index contributed by atoms with van der Waals surface area (Å²) in [6.45, 7) is 3.49. The molecule has 0 bridgehead atoms. The molecule has 154 valence electrons. The van der Waals surface area contributed by atoms with Crippen LogP contribution in [0.1, 0.15) is 48.8 Å². The number of fused-ring (bicyclic) bond motifs is 1. The average molecular weight is 396 g/mol. The number of rotatable bonds is 10. The molecule has 1 aromatic heterocycles. The number of aromatic nitrogens is 2. The third-order valence-electron chi connectivity index (χ3n) is 5.02. The van der Waals surface area contributed by atoms with E-state index in [0.29, 0.717) is 23.6 Å². The Morgan fingerprint density at radius 3 is 2.59 bits per heavy atom. The zero-order valence-electron chi connectivity index (χ0n) is 17.4. The molecule has 0 aliphatic carbocycles. The first kappa shape index (κ1) is 20.7. The summed E-state index contributed by atoms with van der Waals surface area (Å²) in [4.78, 5) is 17.4. The predicted octanol–water partition coefficient (Wildman–Crippen LogP) is 4.56. The van der Waals surface area contributed by atoms with Gasteiger partial charge in [-0.2, -0.15) is 0 Å². The Hall–Kier alpha value is -3.02. The van der Waals surface area contributed by atoms with Gasteiger partial charge in [-0.15, -0.1) is 0 Å². The topological polar surface area (TPSA) is 65.4 Å². The standard InChI is InChI=1S/C23H29N3O3/c1-4-5-6-9-14-26-19-11-8-7-10-18(19)25-22(26)16-24-23(27)17-12-13-20(28-2)21(15-17)29-3/h7-8,10-13,15H,4-6,9,14,16H2,1-3H3,(H,24,27). The molecule has 3 rings (SSSR count). The van der Waals surface area contributed by atoms with E-state index in [4.69, 9.17) is 14.5 Å². The summed E-state index contributed by atoms with van der Waals surface area (Å²) in [5.41, 5.74) is 2.59. The third kappa shape index (κ3) is 4.88. The van der Waals surface area contributed by atoms with Crippen LogP contribution in [0.15, 0.2) is 42.5 Å². The molecule has 1 heterocycles. The number of amides is 1. The molecule has 0 aliphatic rings. The highest BCUT2D eigenvalue weighted by Gasteiger charge is 2.14. The first-order valence-electron chi connectivity index (χ1n) is 10.1. The maximum atomic E-state index is 12.7. The van der Waals surface area contributed by atoms with Gasteiger partial charge >= 0.3 is 0 Å². The Morgan fingerprint density at radius 2 is 1.83 bits per heavy atom. The largest absolute Gasteiger partial charge is 0.493 e. The van der Waals surface area contributed by atoms with Gasteiger partial charge in [0.05, 0.1) is 31.8 Å². The second-order valence-corrected chi connectivity index (χ2v) is 6.98. The minimum atomic E-state index is -0.171. The van der Waals surface area contributed by atoms with E-state index in [2.05, 4.69) is 22.9 Å². The second-order valence-electron chi connectivity index (χ2n) is 6.98. The zero-order chi connectivity index (χ0) is 20.6. The highest BCUT2D eigenvalue weighted by atomic mass is 16.5. The van der Waals surface area contributed by atoms with Crippen LogP contribution >= 0.6 is 0 Å². The molecule has 0 unspecified atom stereocenters. The Kier molecular flexibility index (Phi) is 7.11.